The summed E-state index contributed by atoms with van der Waals surface area (Å²) in [6.07, 6.45) is 5.66. The van der Waals surface area contributed by atoms with Crippen molar-refractivity contribution in [3.05, 3.63) is 57.8 Å². The van der Waals surface area contributed by atoms with E-state index in [-0.39, 0.29) is 23.1 Å². The molecule has 0 aliphatic carbocycles. The first-order chi connectivity index (χ1) is 13.9. The number of carbonyl (C=O) groups is 1. The Hall–Kier alpha value is -3.69. The minimum atomic E-state index is -0.324. The molecule has 29 heavy (non-hydrogen) atoms. The van der Waals surface area contributed by atoms with Crippen LogP contribution in [-0.4, -0.2) is 37.0 Å². The molecule has 1 amide bonds. The van der Waals surface area contributed by atoms with Crippen LogP contribution in [0.4, 0.5) is 11.6 Å². The van der Waals surface area contributed by atoms with Gasteiger partial charge in [0.25, 0.3) is 5.56 Å². The van der Waals surface area contributed by atoms with E-state index in [2.05, 4.69) is 30.6 Å². The van der Waals surface area contributed by atoms with Crippen LogP contribution in [0, 0.1) is 13.8 Å². The van der Waals surface area contributed by atoms with Gasteiger partial charge in [0, 0.05) is 50.2 Å². The number of rotatable bonds is 7. The van der Waals surface area contributed by atoms with Crippen LogP contribution in [0.1, 0.15) is 29.6 Å². The van der Waals surface area contributed by atoms with E-state index in [1.165, 1.54) is 11.5 Å². The molecule has 10 nitrogen and oxygen atoms in total. The Morgan fingerprint density at radius 2 is 2.10 bits per heavy atom. The maximum Gasteiger partial charge on any atom is 0.298 e. The number of amides is 1. The van der Waals surface area contributed by atoms with Crippen LogP contribution in [0.3, 0.4) is 0 Å². The lowest BCUT2D eigenvalue weighted by Gasteiger charge is -2.16. The number of aryl methyl sites for hydroxylation is 2. The van der Waals surface area contributed by atoms with Crippen molar-refractivity contribution in [2.45, 2.75) is 33.7 Å². The molecular formula is C19H24N8O2. The summed E-state index contributed by atoms with van der Waals surface area (Å²) in [6, 6.07) is 1.77. The number of hydrogen-bond donors (Lipinski definition) is 4. The van der Waals surface area contributed by atoms with E-state index in [1.807, 2.05) is 6.92 Å². The zero-order valence-electron chi connectivity index (χ0n) is 16.6. The maximum absolute atomic E-state index is 13.1. The highest BCUT2D eigenvalue weighted by Crippen LogP contribution is 2.20. The summed E-state index contributed by atoms with van der Waals surface area (Å²) in [5.74, 6) is 0.297. The van der Waals surface area contributed by atoms with Crippen LogP contribution in [0.2, 0.25) is 0 Å². The summed E-state index contributed by atoms with van der Waals surface area (Å²) in [5, 5.41) is 5.80. The van der Waals surface area contributed by atoms with Gasteiger partial charge in [-0.25, -0.2) is 15.0 Å². The average Bonchev–Trinajstić information content (AvgIpc) is 3.17. The van der Waals surface area contributed by atoms with Crippen LogP contribution in [0.25, 0.3) is 5.69 Å². The Bertz CT molecular complexity index is 1070. The number of aromatic amines is 1. The lowest BCUT2D eigenvalue weighted by Crippen LogP contribution is -2.27. The second-order valence-electron chi connectivity index (χ2n) is 6.67. The summed E-state index contributed by atoms with van der Waals surface area (Å²) in [4.78, 5) is 39.9. The first-order valence-electron chi connectivity index (χ1n) is 9.17. The van der Waals surface area contributed by atoms with E-state index in [0.717, 1.165) is 11.3 Å². The normalized spacial score (nSPS) is 10.7. The molecule has 0 saturated carbocycles. The topological polar surface area (TPSA) is 144 Å². The van der Waals surface area contributed by atoms with Gasteiger partial charge in [0.2, 0.25) is 5.91 Å². The van der Waals surface area contributed by atoms with E-state index < -0.39 is 0 Å². The standard InChI is InChI=1S/C19H24N8O2/c1-11-7-24-18(22-5-4-15-9-21-10-25-15)19(29)27(11)16-6-14(8-23-13(3)28)12(2)26-17(16)20/h6-7,9-10H,4-5,8H2,1-3H3,(H2,20,26)(H,21,25)(H,22,24)(H,23,28). The highest BCUT2D eigenvalue weighted by atomic mass is 16.1. The first-order valence-corrected chi connectivity index (χ1v) is 9.17. The molecule has 10 heteroatoms. The maximum atomic E-state index is 13.1. The minimum absolute atomic E-state index is 0.150. The molecule has 0 aromatic carbocycles. The number of nitrogens with one attached hydrogen (secondary N) is 3. The smallest absolute Gasteiger partial charge is 0.298 e. The van der Waals surface area contributed by atoms with Gasteiger partial charge in [-0.05, 0) is 25.5 Å². The number of carbonyl (C=O) groups excluding carboxylic acids is 1. The molecule has 0 unspecified atom stereocenters. The molecule has 3 heterocycles. The minimum Gasteiger partial charge on any atom is -0.382 e. The van der Waals surface area contributed by atoms with Gasteiger partial charge >= 0.3 is 0 Å². The Labute approximate surface area is 167 Å². The fourth-order valence-electron chi connectivity index (χ4n) is 2.93. The third kappa shape index (κ3) is 4.60. The van der Waals surface area contributed by atoms with Crippen molar-refractivity contribution in [1.82, 2.24) is 29.8 Å². The fourth-order valence-corrected chi connectivity index (χ4v) is 2.93. The van der Waals surface area contributed by atoms with Gasteiger partial charge in [0.15, 0.2) is 5.82 Å². The van der Waals surface area contributed by atoms with Crippen molar-refractivity contribution in [3.63, 3.8) is 0 Å². The fraction of sp³-hybridized carbons (Fsp3) is 0.316. The first kappa shape index (κ1) is 20.1. The van der Waals surface area contributed by atoms with E-state index in [4.69, 9.17) is 5.73 Å². The lowest BCUT2D eigenvalue weighted by molar-refractivity contribution is -0.119. The summed E-state index contributed by atoms with van der Waals surface area (Å²) in [6.45, 7) is 5.83. The van der Waals surface area contributed by atoms with Gasteiger partial charge in [-0.3, -0.25) is 14.2 Å². The van der Waals surface area contributed by atoms with Crippen molar-refractivity contribution in [2.24, 2.45) is 0 Å². The molecule has 3 aromatic rings. The molecule has 5 N–H and O–H groups in total. The molecule has 0 radical (unpaired) electrons. The number of hydrogen-bond acceptors (Lipinski definition) is 7. The van der Waals surface area contributed by atoms with Crippen molar-refractivity contribution in [3.8, 4) is 5.69 Å². The molecule has 0 fully saturated rings. The molecule has 3 rings (SSSR count). The second-order valence-corrected chi connectivity index (χ2v) is 6.67. The molecule has 0 bridgehead atoms. The zero-order valence-corrected chi connectivity index (χ0v) is 16.6. The summed E-state index contributed by atoms with van der Waals surface area (Å²) < 4.78 is 1.48. The molecule has 0 aliphatic rings. The van der Waals surface area contributed by atoms with Crippen LogP contribution < -0.4 is 21.9 Å². The lowest BCUT2D eigenvalue weighted by atomic mass is 10.1. The van der Waals surface area contributed by atoms with Crippen molar-refractivity contribution < 1.29 is 4.79 Å². The van der Waals surface area contributed by atoms with Gasteiger partial charge in [0.05, 0.1) is 17.7 Å². The molecule has 0 aliphatic heterocycles. The van der Waals surface area contributed by atoms with Crippen molar-refractivity contribution in [2.75, 3.05) is 17.6 Å². The van der Waals surface area contributed by atoms with Crippen LogP contribution in [0.5, 0.6) is 0 Å². The number of pyridine rings is 1. The number of nitrogen functional groups attached to an aromatic ring is 1. The molecule has 0 spiro atoms. The monoisotopic (exact) mass is 396 g/mol. The number of aromatic nitrogens is 5. The number of H-pyrrole nitrogens is 1. The Balaban J connectivity index is 1.92. The number of nitrogens with two attached hydrogens (primary N) is 1. The van der Waals surface area contributed by atoms with E-state index in [0.29, 0.717) is 36.6 Å². The van der Waals surface area contributed by atoms with Crippen LogP contribution in [-0.2, 0) is 17.8 Å². The molecular weight excluding hydrogens is 372 g/mol. The van der Waals surface area contributed by atoms with Crippen molar-refractivity contribution >= 4 is 17.5 Å². The molecule has 0 atom stereocenters. The van der Waals surface area contributed by atoms with E-state index >= 15 is 0 Å². The Morgan fingerprint density at radius 1 is 1.31 bits per heavy atom. The summed E-state index contributed by atoms with van der Waals surface area (Å²) in [7, 11) is 0. The second kappa shape index (κ2) is 8.55. The van der Waals surface area contributed by atoms with Gasteiger partial charge in [-0.2, -0.15) is 0 Å². The number of anilines is 2. The van der Waals surface area contributed by atoms with Crippen LogP contribution >= 0.6 is 0 Å². The molecule has 152 valence electrons. The van der Waals surface area contributed by atoms with E-state index in [1.54, 1.807) is 31.7 Å². The van der Waals surface area contributed by atoms with Gasteiger partial charge in [-0.1, -0.05) is 0 Å². The molecule has 0 saturated heterocycles. The van der Waals surface area contributed by atoms with Crippen LogP contribution in [0.15, 0.2) is 29.6 Å². The average molecular weight is 396 g/mol. The third-order valence-corrected chi connectivity index (χ3v) is 4.46. The number of imidazole rings is 1. The van der Waals surface area contributed by atoms with Gasteiger partial charge in [-0.15, -0.1) is 0 Å². The van der Waals surface area contributed by atoms with E-state index in [9.17, 15) is 9.59 Å². The Morgan fingerprint density at radius 3 is 2.79 bits per heavy atom. The SMILES string of the molecule is CC(=O)NCc1cc(-n2c(C)cnc(NCCc3c[nH]cn3)c2=O)c(N)nc1C. The predicted octanol–water partition coefficient (Wildman–Crippen LogP) is 0.840. The third-order valence-electron chi connectivity index (χ3n) is 4.46. The Kier molecular flexibility index (Phi) is 5.91. The zero-order chi connectivity index (χ0) is 21.0. The summed E-state index contributed by atoms with van der Waals surface area (Å²) in [5.41, 5.74) is 9.23. The van der Waals surface area contributed by atoms with Gasteiger partial charge in [0.1, 0.15) is 5.82 Å². The summed E-state index contributed by atoms with van der Waals surface area (Å²) >= 11 is 0. The highest BCUT2D eigenvalue weighted by molar-refractivity contribution is 5.73. The largest absolute Gasteiger partial charge is 0.382 e. The quantitative estimate of drug-likeness (QED) is 0.463. The van der Waals surface area contributed by atoms with Crippen molar-refractivity contribution in [1.29, 1.82) is 0 Å². The predicted molar refractivity (Wildman–Crippen MR) is 110 cm³/mol. The number of nitrogens with zero attached hydrogens (tertiary/aromatic N) is 4. The molecule has 3 aromatic heterocycles. The van der Waals surface area contributed by atoms with Gasteiger partial charge < -0.3 is 21.4 Å². The highest BCUT2D eigenvalue weighted by Gasteiger charge is 2.15.